The van der Waals surface area contributed by atoms with Crippen LogP contribution in [-0.4, -0.2) is 25.5 Å². The lowest BCUT2D eigenvalue weighted by atomic mass is 10.1. The van der Waals surface area contributed by atoms with E-state index in [2.05, 4.69) is 15.4 Å². The van der Waals surface area contributed by atoms with E-state index in [9.17, 15) is 9.59 Å². The quantitative estimate of drug-likeness (QED) is 0.804. The highest BCUT2D eigenvalue weighted by atomic mass is 16.5. The van der Waals surface area contributed by atoms with Crippen LogP contribution in [0.3, 0.4) is 0 Å². The maximum absolute atomic E-state index is 11.8. The molecule has 0 radical (unpaired) electrons. The van der Waals surface area contributed by atoms with Crippen molar-refractivity contribution in [1.29, 1.82) is 0 Å². The molecule has 0 aliphatic heterocycles. The molecule has 0 fully saturated rings. The summed E-state index contributed by atoms with van der Waals surface area (Å²) in [6.45, 7) is 2.70. The predicted molar refractivity (Wildman–Crippen MR) is 89.3 cm³/mol. The maximum atomic E-state index is 11.8. The highest BCUT2D eigenvalue weighted by Gasteiger charge is 2.05. The van der Waals surface area contributed by atoms with Gasteiger partial charge >= 0.3 is 5.97 Å². The molecule has 0 heterocycles. The Bertz CT molecular complexity index is 664. The van der Waals surface area contributed by atoms with Gasteiger partial charge in [0.15, 0.2) is 0 Å². The second kappa shape index (κ2) is 7.98. The fraction of sp³-hybridized carbons (Fsp3) is 0.222. The van der Waals surface area contributed by atoms with Crippen molar-refractivity contribution in [3.8, 4) is 0 Å². The van der Waals surface area contributed by atoms with Crippen molar-refractivity contribution in [2.75, 3.05) is 19.0 Å². The van der Waals surface area contributed by atoms with E-state index < -0.39 is 0 Å². The Kier molecular flexibility index (Phi) is 5.74. The SMILES string of the molecule is COC(=O)c1ccc(NCC(=O)NCc2ccc(C)cc2)cc1. The van der Waals surface area contributed by atoms with Crippen molar-refractivity contribution >= 4 is 17.6 Å². The third kappa shape index (κ3) is 5.14. The van der Waals surface area contributed by atoms with Crippen LogP contribution in [0.25, 0.3) is 0 Å². The highest BCUT2D eigenvalue weighted by molar-refractivity contribution is 5.89. The first-order chi connectivity index (χ1) is 11.1. The highest BCUT2D eigenvalue weighted by Crippen LogP contribution is 2.10. The molecule has 2 aromatic carbocycles. The summed E-state index contributed by atoms with van der Waals surface area (Å²) in [6.07, 6.45) is 0. The monoisotopic (exact) mass is 312 g/mol. The van der Waals surface area contributed by atoms with Gasteiger partial charge in [-0.3, -0.25) is 4.79 Å². The minimum absolute atomic E-state index is 0.0948. The van der Waals surface area contributed by atoms with Crippen LogP contribution in [0.5, 0.6) is 0 Å². The first-order valence-electron chi connectivity index (χ1n) is 7.33. The molecule has 2 rings (SSSR count). The number of anilines is 1. The Morgan fingerprint density at radius 1 is 1.00 bits per heavy atom. The summed E-state index contributed by atoms with van der Waals surface area (Å²) in [7, 11) is 1.34. The predicted octanol–water partition coefficient (Wildman–Crippen LogP) is 2.51. The Balaban J connectivity index is 1.77. The molecule has 0 aliphatic rings. The molecule has 1 amide bonds. The molecule has 0 atom stereocenters. The smallest absolute Gasteiger partial charge is 0.337 e. The molecule has 5 heteroatoms. The molecule has 120 valence electrons. The molecular weight excluding hydrogens is 292 g/mol. The Morgan fingerprint density at radius 3 is 2.26 bits per heavy atom. The van der Waals surface area contributed by atoms with E-state index in [0.29, 0.717) is 12.1 Å². The van der Waals surface area contributed by atoms with Crippen molar-refractivity contribution < 1.29 is 14.3 Å². The number of methoxy groups -OCH3 is 1. The van der Waals surface area contributed by atoms with Gasteiger partial charge < -0.3 is 15.4 Å². The second-order valence-corrected chi connectivity index (χ2v) is 5.18. The van der Waals surface area contributed by atoms with Gasteiger partial charge in [-0.2, -0.15) is 0 Å². The normalized spacial score (nSPS) is 10.0. The number of esters is 1. The number of carbonyl (C=O) groups is 2. The first kappa shape index (κ1) is 16.5. The summed E-state index contributed by atoms with van der Waals surface area (Å²) in [4.78, 5) is 23.2. The molecule has 0 aromatic heterocycles. The molecule has 2 N–H and O–H groups in total. The van der Waals surface area contributed by atoms with Crippen molar-refractivity contribution in [2.45, 2.75) is 13.5 Å². The third-order valence-electron chi connectivity index (χ3n) is 3.37. The summed E-state index contributed by atoms with van der Waals surface area (Å²) >= 11 is 0. The van der Waals surface area contributed by atoms with Crippen LogP contribution in [0.15, 0.2) is 48.5 Å². The van der Waals surface area contributed by atoms with Crippen molar-refractivity contribution in [2.24, 2.45) is 0 Å². The van der Waals surface area contributed by atoms with Crippen LogP contribution in [0.2, 0.25) is 0 Å². The van der Waals surface area contributed by atoms with E-state index in [-0.39, 0.29) is 18.4 Å². The van der Waals surface area contributed by atoms with Gasteiger partial charge in [0.25, 0.3) is 0 Å². The number of benzene rings is 2. The number of aryl methyl sites for hydroxylation is 1. The minimum atomic E-state index is -0.382. The largest absolute Gasteiger partial charge is 0.465 e. The molecule has 0 spiro atoms. The summed E-state index contributed by atoms with van der Waals surface area (Å²) in [6, 6.07) is 14.8. The molecule has 2 aromatic rings. The van der Waals surface area contributed by atoms with Crippen LogP contribution < -0.4 is 10.6 Å². The van der Waals surface area contributed by atoms with Crippen LogP contribution >= 0.6 is 0 Å². The lowest BCUT2D eigenvalue weighted by Gasteiger charge is -2.08. The zero-order chi connectivity index (χ0) is 16.7. The molecule has 0 aliphatic carbocycles. The average Bonchev–Trinajstić information content (AvgIpc) is 2.59. The summed E-state index contributed by atoms with van der Waals surface area (Å²) in [5.74, 6) is -0.477. The van der Waals surface area contributed by atoms with Gasteiger partial charge in [-0.15, -0.1) is 0 Å². The number of hydrogen-bond acceptors (Lipinski definition) is 4. The Hall–Kier alpha value is -2.82. The minimum Gasteiger partial charge on any atom is -0.465 e. The summed E-state index contributed by atoms with van der Waals surface area (Å²) < 4.78 is 4.63. The molecule has 23 heavy (non-hydrogen) atoms. The molecule has 0 saturated heterocycles. The Labute approximate surface area is 135 Å². The second-order valence-electron chi connectivity index (χ2n) is 5.18. The van der Waals surface area contributed by atoms with Gasteiger partial charge in [0, 0.05) is 12.2 Å². The van der Waals surface area contributed by atoms with Crippen molar-refractivity contribution in [3.05, 3.63) is 65.2 Å². The number of nitrogens with one attached hydrogen (secondary N) is 2. The number of rotatable bonds is 6. The fourth-order valence-electron chi connectivity index (χ4n) is 1.99. The molecular formula is C18H20N2O3. The van der Waals surface area contributed by atoms with E-state index in [4.69, 9.17) is 0 Å². The van der Waals surface area contributed by atoms with E-state index >= 15 is 0 Å². The van der Waals surface area contributed by atoms with Gasteiger partial charge in [-0.05, 0) is 36.8 Å². The van der Waals surface area contributed by atoms with Crippen molar-refractivity contribution in [3.63, 3.8) is 0 Å². The van der Waals surface area contributed by atoms with E-state index in [1.807, 2.05) is 31.2 Å². The van der Waals surface area contributed by atoms with E-state index in [1.165, 1.54) is 12.7 Å². The van der Waals surface area contributed by atoms with Crippen LogP contribution in [-0.2, 0) is 16.1 Å². The first-order valence-corrected chi connectivity index (χ1v) is 7.33. The number of hydrogen-bond donors (Lipinski definition) is 2. The lowest BCUT2D eigenvalue weighted by Crippen LogP contribution is -2.29. The van der Waals surface area contributed by atoms with Gasteiger partial charge in [0.05, 0.1) is 19.2 Å². The topological polar surface area (TPSA) is 67.4 Å². The van der Waals surface area contributed by atoms with Gasteiger partial charge in [0.1, 0.15) is 0 Å². The molecule has 5 nitrogen and oxygen atoms in total. The molecule has 0 unspecified atom stereocenters. The number of ether oxygens (including phenoxy) is 1. The van der Waals surface area contributed by atoms with Gasteiger partial charge in [0.2, 0.25) is 5.91 Å². The molecule has 0 saturated carbocycles. The maximum Gasteiger partial charge on any atom is 0.337 e. The van der Waals surface area contributed by atoms with Gasteiger partial charge in [-0.1, -0.05) is 29.8 Å². The van der Waals surface area contributed by atoms with Crippen LogP contribution in [0.4, 0.5) is 5.69 Å². The van der Waals surface area contributed by atoms with Gasteiger partial charge in [-0.25, -0.2) is 4.79 Å². The van der Waals surface area contributed by atoms with Crippen LogP contribution in [0.1, 0.15) is 21.5 Å². The average molecular weight is 312 g/mol. The van der Waals surface area contributed by atoms with Crippen LogP contribution in [0, 0.1) is 6.92 Å². The van der Waals surface area contributed by atoms with E-state index in [1.54, 1.807) is 24.3 Å². The van der Waals surface area contributed by atoms with E-state index in [0.717, 1.165) is 11.3 Å². The number of amides is 1. The summed E-state index contributed by atoms with van der Waals surface area (Å²) in [5.41, 5.74) is 3.49. The lowest BCUT2D eigenvalue weighted by molar-refractivity contribution is -0.119. The molecule has 0 bridgehead atoms. The third-order valence-corrected chi connectivity index (χ3v) is 3.37. The zero-order valence-electron chi connectivity index (χ0n) is 13.3. The zero-order valence-corrected chi connectivity index (χ0v) is 13.3. The standard InChI is InChI=1S/C18H20N2O3/c1-13-3-5-14(6-4-13)11-20-17(21)12-19-16-9-7-15(8-10-16)18(22)23-2/h3-10,19H,11-12H2,1-2H3,(H,20,21). The Morgan fingerprint density at radius 2 is 1.65 bits per heavy atom. The summed E-state index contributed by atoms with van der Waals surface area (Å²) in [5, 5.41) is 5.86. The fourth-order valence-corrected chi connectivity index (χ4v) is 1.99. The number of carbonyl (C=O) groups excluding carboxylic acids is 2. The van der Waals surface area contributed by atoms with Crippen molar-refractivity contribution in [1.82, 2.24) is 5.32 Å².